The Morgan fingerprint density at radius 1 is 1.11 bits per heavy atom. The van der Waals surface area contributed by atoms with Crippen LogP contribution in [-0.2, 0) is 0 Å². The molecule has 2 aromatic carbocycles. The minimum atomic E-state index is -4.39. The second-order valence-electron chi connectivity index (χ2n) is 8.47. The van der Waals surface area contributed by atoms with E-state index in [0.717, 1.165) is 26.1 Å². The smallest absolute Gasteiger partial charge is 0.422 e. The lowest BCUT2D eigenvalue weighted by atomic mass is 10.1. The van der Waals surface area contributed by atoms with Crippen molar-refractivity contribution < 1.29 is 27.8 Å². The molecule has 2 heterocycles. The number of carboxylic acids is 1. The number of benzene rings is 2. The Balaban J connectivity index is 1.30. The van der Waals surface area contributed by atoms with Gasteiger partial charge in [0.15, 0.2) is 6.61 Å². The van der Waals surface area contributed by atoms with Gasteiger partial charge in [0, 0.05) is 44.3 Å². The molecule has 2 N–H and O–H groups in total. The molecule has 0 spiro atoms. The van der Waals surface area contributed by atoms with Gasteiger partial charge in [-0.1, -0.05) is 35.9 Å². The Morgan fingerprint density at radius 2 is 1.86 bits per heavy atom. The van der Waals surface area contributed by atoms with E-state index >= 15 is 0 Å². The van der Waals surface area contributed by atoms with E-state index in [1.807, 2.05) is 4.90 Å². The van der Waals surface area contributed by atoms with E-state index in [1.54, 1.807) is 42.5 Å². The molecular formula is C25H26ClF3N4O3. The van der Waals surface area contributed by atoms with Crippen LogP contribution in [0.4, 0.5) is 24.5 Å². The second kappa shape index (κ2) is 11.2. The standard InChI is InChI=1S/C25H26ClF3N4O3/c26-19-6-3-5-17-22(18(24(34)35)15-31-23(17)19)30-9-4-10-32-11-13-33(14-12-32)20-7-1-2-8-21(20)36-16-25(27,28)29/h1-3,5-8,15H,4,9-14,16H2,(H,30,31)(H,34,35). The molecule has 0 aliphatic carbocycles. The van der Waals surface area contributed by atoms with Crippen LogP contribution in [0.25, 0.3) is 10.9 Å². The number of rotatable bonds is 9. The van der Waals surface area contributed by atoms with E-state index in [1.165, 1.54) is 6.20 Å². The van der Waals surface area contributed by atoms with Crippen LogP contribution in [0.5, 0.6) is 5.75 Å². The number of carboxylic acid groups (broad SMARTS) is 1. The Bertz CT molecular complexity index is 1220. The molecular weight excluding hydrogens is 497 g/mol. The van der Waals surface area contributed by atoms with E-state index in [-0.39, 0.29) is 11.3 Å². The van der Waals surface area contributed by atoms with Crippen LogP contribution in [0.3, 0.4) is 0 Å². The zero-order valence-electron chi connectivity index (χ0n) is 19.4. The van der Waals surface area contributed by atoms with Crippen LogP contribution in [-0.4, -0.2) is 73.0 Å². The third-order valence-electron chi connectivity index (χ3n) is 6.00. The summed E-state index contributed by atoms with van der Waals surface area (Å²) in [5.41, 5.74) is 1.79. The van der Waals surface area contributed by atoms with Crippen molar-refractivity contribution >= 4 is 39.8 Å². The summed E-state index contributed by atoms with van der Waals surface area (Å²) < 4.78 is 42.8. The number of nitrogens with zero attached hydrogens (tertiary/aromatic N) is 3. The highest BCUT2D eigenvalue weighted by molar-refractivity contribution is 6.35. The molecule has 192 valence electrons. The van der Waals surface area contributed by atoms with Crippen molar-refractivity contribution in [1.29, 1.82) is 0 Å². The largest absolute Gasteiger partial charge is 0.482 e. The van der Waals surface area contributed by atoms with Crippen LogP contribution in [0.1, 0.15) is 16.8 Å². The number of alkyl halides is 3. The predicted octanol–water partition coefficient (Wildman–Crippen LogP) is 5.15. The van der Waals surface area contributed by atoms with Gasteiger partial charge in [-0.3, -0.25) is 9.88 Å². The number of ether oxygens (including phenoxy) is 1. The Kier molecular flexibility index (Phi) is 8.05. The van der Waals surface area contributed by atoms with Crippen molar-refractivity contribution in [3.63, 3.8) is 0 Å². The number of para-hydroxylation sites is 3. The maximum atomic E-state index is 12.6. The molecule has 0 radical (unpaired) electrons. The van der Waals surface area contributed by atoms with E-state index in [9.17, 15) is 23.1 Å². The first-order valence-electron chi connectivity index (χ1n) is 11.5. The molecule has 1 fully saturated rings. The minimum Gasteiger partial charge on any atom is -0.482 e. The van der Waals surface area contributed by atoms with Crippen molar-refractivity contribution in [3.8, 4) is 5.75 Å². The number of nitrogens with one attached hydrogen (secondary N) is 1. The molecule has 0 unspecified atom stereocenters. The highest BCUT2D eigenvalue weighted by atomic mass is 35.5. The van der Waals surface area contributed by atoms with Crippen LogP contribution >= 0.6 is 11.6 Å². The maximum Gasteiger partial charge on any atom is 0.422 e. The molecule has 11 heteroatoms. The number of aromatic nitrogens is 1. The lowest BCUT2D eigenvalue weighted by Crippen LogP contribution is -2.47. The van der Waals surface area contributed by atoms with Gasteiger partial charge in [-0.15, -0.1) is 0 Å². The number of hydrogen-bond donors (Lipinski definition) is 2. The second-order valence-corrected chi connectivity index (χ2v) is 8.88. The highest BCUT2D eigenvalue weighted by Crippen LogP contribution is 2.31. The normalized spacial score (nSPS) is 14.7. The minimum absolute atomic E-state index is 0.0878. The number of hydrogen-bond acceptors (Lipinski definition) is 6. The molecule has 7 nitrogen and oxygen atoms in total. The molecule has 36 heavy (non-hydrogen) atoms. The van der Waals surface area contributed by atoms with Gasteiger partial charge in [0.05, 0.1) is 21.9 Å². The van der Waals surface area contributed by atoms with Gasteiger partial charge in [-0.25, -0.2) is 4.79 Å². The predicted molar refractivity (Wildman–Crippen MR) is 133 cm³/mol. The van der Waals surface area contributed by atoms with Gasteiger partial charge >= 0.3 is 12.1 Å². The first kappa shape index (κ1) is 25.8. The monoisotopic (exact) mass is 522 g/mol. The van der Waals surface area contributed by atoms with Crippen LogP contribution in [0.15, 0.2) is 48.7 Å². The Hall–Kier alpha value is -3.24. The van der Waals surface area contributed by atoms with Crippen molar-refractivity contribution in [2.75, 3.05) is 56.1 Å². The number of carbonyl (C=O) groups is 1. The molecule has 3 aromatic rings. The maximum absolute atomic E-state index is 12.6. The summed E-state index contributed by atoms with van der Waals surface area (Å²) in [7, 11) is 0. The zero-order valence-corrected chi connectivity index (χ0v) is 20.1. The molecule has 0 amide bonds. The van der Waals surface area contributed by atoms with Crippen molar-refractivity contribution in [3.05, 3.63) is 59.2 Å². The fourth-order valence-electron chi connectivity index (χ4n) is 4.27. The van der Waals surface area contributed by atoms with Crippen LogP contribution in [0.2, 0.25) is 5.02 Å². The Labute approximate surface area is 211 Å². The summed E-state index contributed by atoms with van der Waals surface area (Å²) in [5, 5.41) is 13.9. The molecule has 0 atom stereocenters. The van der Waals surface area contributed by atoms with Crippen LogP contribution in [0, 0.1) is 0 Å². The van der Waals surface area contributed by atoms with E-state index in [0.29, 0.717) is 46.9 Å². The number of fused-ring (bicyclic) bond motifs is 1. The quantitative estimate of drug-likeness (QED) is 0.376. The summed E-state index contributed by atoms with van der Waals surface area (Å²) in [6, 6.07) is 12.0. The molecule has 1 aliphatic rings. The van der Waals surface area contributed by atoms with Gasteiger partial charge in [-0.2, -0.15) is 13.2 Å². The number of anilines is 2. The van der Waals surface area contributed by atoms with Gasteiger partial charge in [0.2, 0.25) is 0 Å². The lowest BCUT2D eigenvalue weighted by molar-refractivity contribution is -0.153. The van der Waals surface area contributed by atoms with Gasteiger partial charge in [0.25, 0.3) is 0 Å². The van der Waals surface area contributed by atoms with E-state index in [2.05, 4.69) is 15.2 Å². The summed E-state index contributed by atoms with van der Waals surface area (Å²) >= 11 is 6.22. The summed E-state index contributed by atoms with van der Waals surface area (Å²) in [4.78, 5) is 20.2. The van der Waals surface area contributed by atoms with Gasteiger partial charge in [-0.05, 0) is 31.2 Å². The zero-order chi connectivity index (χ0) is 25.7. The average Bonchev–Trinajstić information content (AvgIpc) is 2.85. The number of piperazine rings is 1. The number of pyridine rings is 1. The number of halogens is 4. The van der Waals surface area contributed by atoms with Gasteiger partial charge < -0.3 is 20.1 Å². The van der Waals surface area contributed by atoms with Crippen molar-refractivity contribution in [2.24, 2.45) is 0 Å². The third kappa shape index (κ3) is 6.30. The summed E-state index contributed by atoms with van der Waals surface area (Å²) in [6.07, 6.45) is -2.30. The Morgan fingerprint density at radius 3 is 2.58 bits per heavy atom. The fourth-order valence-corrected chi connectivity index (χ4v) is 4.49. The molecule has 1 aromatic heterocycles. The third-order valence-corrected chi connectivity index (χ3v) is 6.31. The molecule has 1 saturated heterocycles. The highest BCUT2D eigenvalue weighted by Gasteiger charge is 2.29. The average molecular weight is 523 g/mol. The molecule has 0 saturated carbocycles. The van der Waals surface area contributed by atoms with Crippen LogP contribution < -0.4 is 15.0 Å². The molecule has 0 bridgehead atoms. The molecule has 1 aliphatic heterocycles. The fraction of sp³-hybridized carbons (Fsp3) is 0.360. The van der Waals surface area contributed by atoms with E-state index < -0.39 is 18.8 Å². The molecule has 4 rings (SSSR count). The number of aromatic carboxylic acids is 1. The van der Waals surface area contributed by atoms with E-state index in [4.69, 9.17) is 16.3 Å². The lowest BCUT2D eigenvalue weighted by Gasteiger charge is -2.36. The van der Waals surface area contributed by atoms with Crippen molar-refractivity contribution in [2.45, 2.75) is 12.6 Å². The summed E-state index contributed by atoms with van der Waals surface area (Å²) in [5.74, 6) is -0.839. The first-order valence-corrected chi connectivity index (χ1v) is 11.9. The van der Waals surface area contributed by atoms with Crippen molar-refractivity contribution in [1.82, 2.24) is 9.88 Å². The summed E-state index contributed by atoms with van der Waals surface area (Å²) in [6.45, 7) is 2.86. The first-order chi connectivity index (χ1) is 17.2. The topological polar surface area (TPSA) is 77.9 Å². The SMILES string of the molecule is O=C(O)c1cnc2c(Cl)cccc2c1NCCCN1CCN(c2ccccc2OCC(F)(F)F)CC1. The van der Waals surface area contributed by atoms with Gasteiger partial charge in [0.1, 0.15) is 11.3 Å².